The predicted octanol–water partition coefficient (Wildman–Crippen LogP) is 3.96. The van der Waals surface area contributed by atoms with Gasteiger partial charge in [0, 0.05) is 18.7 Å². The van der Waals surface area contributed by atoms with Crippen molar-refractivity contribution >= 4 is 11.8 Å². The van der Waals surface area contributed by atoms with E-state index in [2.05, 4.69) is 5.16 Å². The second-order valence-electron chi connectivity index (χ2n) is 7.24. The lowest BCUT2D eigenvalue weighted by Gasteiger charge is -2.23. The molecule has 4 rings (SSSR count). The number of methoxy groups -OCH3 is 1. The molecule has 26 heavy (non-hydrogen) atoms. The van der Waals surface area contributed by atoms with Crippen molar-refractivity contribution in [2.24, 2.45) is 5.41 Å². The first kappa shape index (κ1) is 16.9. The van der Waals surface area contributed by atoms with Crippen molar-refractivity contribution in [1.82, 2.24) is 5.16 Å². The van der Waals surface area contributed by atoms with E-state index in [1.165, 1.54) is 51.0 Å². The third-order valence-corrected chi connectivity index (χ3v) is 5.70. The number of nitrogens with zero attached hydrogens (tertiary/aromatic N) is 2. The van der Waals surface area contributed by atoms with Gasteiger partial charge in [-0.25, -0.2) is 9.18 Å². The van der Waals surface area contributed by atoms with Crippen LogP contribution in [0.25, 0.3) is 11.3 Å². The van der Waals surface area contributed by atoms with Gasteiger partial charge < -0.3 is 19.3 Å². The van der Waals surface area contributed by atoms with E-state index >= 15 is 0 Å². The molecule has 0 amide bonds. The van der Waals surface area contributed by atoms with Gasteiger partial charge >= 0.3 is 5.97 Å². The van der Waals surface area contributed by atoms with Gasteiger partial charge in [-0.2, -0.15) is 0 Å². The summed E-state index contributed by atoms with van der Waals surface area (Å²) in [5, 5.41) is 13.8. The fourth-order valence-corrected chi connectivity index (χ4v) is 4.34. The zero-order chi connectivity index (χ0) is 18.3. The zero-order valence-corrected chi connectivity index (χ0v) is 14.6. The number of benzene rings is 1. The van der Waals surface area contributed by atoms with Gasteiger partial charge in [-0.1, -0.05) is 18.0 Å². The summed E-state index contributed by atoms with van der Waals surface area (Å²) in [6.45, 7) is 1.59. The fraction of sp³-hybridized carbons (Fsp3) is 0.474. The molecule has 1 aromatic heterocycles. The minimum absolute atomic E-state index is 0.0220. The molecule has 1 spiro atoms. The maximum absolute atomic E-state index is 13.7. The molecule has 0 radical (unpaired) electrons. The number of anilines is 1. The van der Waals surface area contributed by atoms with Crippen LogP contribution in [0.3, 0.4) is 0 Å². The Bertz CT molecular complexity index is 842. The maximum atomic E-state index is 13.7. The third-order valence-electron chi connectivity index (χ3n) is 5.70. The number of halogens is 1. The summed E-state index contributed by atoms with van der Waals surface area (Å²) < 4.78 is 24.0. The highest BCUT2D eigenvalue weighted by Gasteiger charge is 2.42. The number of carboxylic acids is 1. The molecule has 2 heterocycles. The van der Waals surface area contributed by atoms with Crippen molar-refractivity contribution in [3.8, 4) is 17.1 Å². The maximum Gasteiger partial charge on any atom is 0.343 e. The van der Waals surface area contributed by atoms with Gasteiger partial charge in [-0.15, -0.1) is 0 Å². The normalized spacial score (nSPS) is 18.6. The Morgan fingerprint density at radius 1 is 1.35 bits per heavy atom. The fourth-order valence-electron chi connectivity index (χ4n) is 4.34. The Labute approximate surface area is 150 Å². The molecule has 0 bridgehead atoms. The number of carbonyl (C=O) groups is 1. The van der Waals surface area contributed by atoms with E-state index in [9.17, 15) is 14.3 Å². The number of ether oxygens (including phenoxy) is 1. The SMILES string of the molecule is COc1cc(-c2onc(N3CCC4(CCCC4)C3)c2C(=O)O)ccc1F. The number of aromatic carboxylic acids is 1. The molecule has 1 N–H and O–H groups in total. The molecule has 2 fully saturated rings. The van der Waals surface area contributed by atoms with E-state index in [1.807, 2.05) is 4.90 Å². The summed E-state index contributed by atoms with van der Waals surface area (Å²) in [5.74, 6) is -1.11. The van der Waals surface area contributed by atoms with Crippen LogP contribution in [0.4, 0.5) is 10.2 Å². The smallest absolute Gasteiger partial charge is 0.343 e. The monoisotopic (exact) mass is 360 g/mol. The van der Waals surface area contributed by atoms with Gasteiger partial charge in [0.2, 0.25) is 0 Å². The van der Waals surface area contributed by atoms with Crippen LogP contribution in [0, 0.1) is 11.2 Å². The van der Waals surface area contributed by atoms with Crippen molar-refractivity contribution < 1.29 is 23.6 Å². The van der Waals surface area contributed by atoms with Crippen LogP contribution in [0.5, 0.6) is 5.75 Å². The second kappa shape index (κ2) is 6.30. The number of rotatable bonds is 4. The van der Waals surface area contributed by atoms with E-state index in [-0.39, 0.29) is 22.5 Å². The molecule has 1 saturated heterocycles. The van der Waals surface area contributed by atoms with Crippen LogP contribution in [-0.4, -0.2) is 36.4 Å². The van der Waals surface area contributed by atoms with Crippen molar-refractivity contribution in [2.45, 2.75) is 32.1 Å². The highest BCUT2D eigenvalue weighted by Crippen LogP contribution is 2.47. The molecule has 7 heteroatoms. The molecule has 1 aliphatic heterocycles. The van der Waals surface area contributed by atoms with Crippen LogP contribution in [-0.2, 0) is 0 Å². The van der Waals surface area contributed by atoms with Gasteiger partial charge in [0.15, 0.2) is 28.7 Å². The molecule has 1 saturated carbocycles. The predicted molar refractivity (Wildman–Crippen MR) is 93.1 cm³/mol. The lowest BCUT2D eigenvalue weighted by atomic mass is 9.86. The van der Waals surface area contributed by atoms with Crippen molar-refractivity contribution in [1.29, 1.82) is 0 Å². The Hall–Kier alpha value is -2.57. The minimum Gasteiger partial charge on any atom is -0.494 e. The van der Waals surface area contributed by atoms with E-state index in [4.69, 9.17) is 9.26 Å². The highest BCUT2D eigenvalue weighted by molar-refractivity contribution is 5.99. The number of aromatic nitrogens is 1. The second-order valence-corrected chi connectivity index (χ2v) is 7.24. The van der Waals surface area contributed by atoms with Gasteiger partial charge in [-0.05, 0) is 42.9 Å². The highest BCUT2D eigenvalue weighted by atomic mass is 19.1. The minimum atomic E-state index is -1.10. The Morgan fingerprint density at radius 3 is 2.81 bits per heavy atom. The first-order valence-corrected chi connectivity index (χ1v) is 8.85. The van der Waals surface area contributed by atoms with Crippen LogP contribution >= 0.6 is 0 Å². The molecule has 2 aliphatic rings. The summed E-state index contributed by atoms with van der Waals surface area (Å²) in [7, 11) is 1.36. The first-order valence-electron chi connectivity index (χ1n) is 8.85. The van der Waals surface area contributed by atoms with Crippen molar-refractivity contribution in [3.63, 3.8) is 0 Å². The largest absolute Gasteiger partial charge is 0.494 e. The average molecular weight is 360 g/mol. The molecule has 0 atom stereocenters. The molecule has 6 nitrogen and oxygen atoms in total. The van der Waals surface area contributed by atoms with Crippen molar-refractivity contribution in [2.75, 3.05) is 25.1 Å². The summed E-state index contributed by atoms with van der Waals surface area (Å²) in [4.78, 5) is 14.0. The Morgan fingerprint density at radius 2 is 2.12 bits per heavy atom. The van der Waals surface area contributed by atoms with E-state index < -0.39 is 11.8 Å². The summed E-state index contributed by atoms with van der Waals surface area (Å²) in [5.41, 5.74) is 0.733. The summed E-state index contributed by atoms with van der Waals surface area (Å²) in [6.07, 6.45) is 5.90. The molecular weight excluding hydrogens is 339 g/mol. The van der Waals surface area contributed by atoms with E-state index in [0.717, 1.165) is 19.5 Å². The molecule has 0 unspecified atom stereocenters. The molecule has 1 aliphatic carbocycles. The standard InChI is InChI=1S/C19H21FN2O4/c1-25-14-10-12(4-5-13(14)20)16-15(18(23)24)17(21-26-16)22-9-8-19(11-22)6-2-3-7-19/h4-5,10H,2-3,6-9,11H2,1H3,(H,23,24). The van der Waals surface area contributed by atoms with Crippen LogP contribution in [0.15, 0.2) is 22.7 Å². The summed E-state index contributed by atoms with van der Waals surface area (Å²) >= 11 is 0. The number of carboxylic acid groups (broad SMARTS) is 1. The van der Waals surface area contributed by atoms with Crippen LogP contribution < -0.4 is 9.64 Å². The van der Waals surface area contributed by atoms with Crippen LogP contribution in [0.1, 0.15) is 42.5 Å². The topological polar surface area (TPSA) is 75.8 Å². The molecule has 2 aromatic rings. The lowest BCUT2D eigenvalue weighted by Crippen LogP contribution is -2.26. The van der Waals surface area contributed by atoms with E-state index in [0.29, 0.717) is 11.4 Å². The van der Waals surface area contributed by atoms with Crippen molar-refractivity contribution in [3.05, 3.63) is 29.6 Å². The van der Waals surface area contributed by atoms with Gasteiger partial charge in [-0.3, -0.25) is 0 Å². The zero-order valence-electron chi connectivity index (χ0n) is 14.6. The quantitative estimate of drug-likeness (QED) is 0.889. The van der Waals surface area contributed by atoms with Crippen LogP contribution in [0.2, 0.25) is 0 Å². The number of hydrogen-bond acceptors (Lipinski definition) is 5. The summed E-state index contributed by atoms with van der Waals surface area (Å²) in [6, 6.07) is 4.12. The van der Waals surface area contributed by atoms with Gasteiger partial charge in [0.1, 0.15) is 0 Å². The first-order chi connectivity index (χ1) is 12.5. The Balaban J connectivity index is 1.71. The molecule has 138 valence electrons. The lowest BCUT2D eigenvalue weighted by molar-refractivity contribution is 0.0698. The molecule has 1 aromatic carbocycles. The molecular formula is C19H21FN2O4. The Kier molecular flexibility index (Phi) is 4.09. The number of hydrogen-bond donors (Lipinski definition) is 1. The van der Waals surface area contributed by atoms with Gasteiger partial charge in [0.25, 0.3) is 0 Å². The van der Waals surface area contributed by atoms with Gasteiger partial charge in [0.05, 0.1) is 7.11 Å². The third kappa shape index (κ3) is 2.71. The van der Waals surface area contributed by atoms with E-state index in [1.54, 1.807) is 0 Å². The average Bonchev–Trinajstić information content (AvgIpc) is 3.36.